The fourth-order valence-electron chi connectivity index (χ4n) is 5.02. The van der Waals surface area contributed by atoms with E-state index in [1.54, 1.807) is 0 Å². The van der Waals surface area contributed by atoms with Crippen molar-refractivity contribution in [2.45, 2.75) is 37.8 Å². The average Bonchev–Trinajstić information content (AvgIpc) is 3.26. The van der Waals surface area contributed by atoms with Crippen molar-refractivity contribution in [2.75, 3.05) is 51.0 Å². The summed E-state index contributed by atoms with van der Waals surface area (Å²) >= 11 is 0. The predicted molar refractivity (Wildman–Crippen MR) is 145 cm³/mol. The third kappa shape index (κ3) is 6.70. The maximum atomic E-state index is 13.4. The summed E-state index contributed by atoms with van der Waals surface area (Å²) in [7, 11) is 5.38. The van der Waals surface area contributed by atoms with E-state index in [2.05, 4.69) is 40.3 Å². The molecule has 4 rings (SSSR count). The zero-order chi connectivity index (χ0) is 26.5. The van der Waals surface area contributed by atoms with Gasteiger partial charge in [0.25, 0.3) is 0 Å². The highest BCUT2D eigenvalue weighted by atomic mass is 16.6. The molecule has 0 spiro atoms. The van der Waals surface area contributed by atoms with Gasteiger partial charge in [-0.1, -0.05) is 30.6 Å². The number of hydrogen-bond donors (Lipinski definition) is 2. The normalized spacial score (nSPS) is 21.6. The Morgan fingerprint density at radius 3 is 2.51 bits per heavy atom. The number of rotatable bonds is 6. The van der Waals surface area contributed by atoms with Crippen LogP contribution in [0.2, 0.25) is 0 Å². The van der Waals surface area contributed by atoms with Crippen molar-refractivity contribution in [1.82, 2.24) is 9.80 Å². The van der Waals surface area contributed by atoms with Crippen LogP contribution in [-0.4, -0.2) is 88.1 Å². The molecule has 1 saturated heterocycles. The van der Waals surface area contributed by atoms with Gasteiger partial charge in [0.1, 0.15) is 20.5 Å². The minimum atomic E-state index is -0.754. The Balaban J connectivity index is 1.49. The van der Waals surface area contributed by atoms with Gasteiger partial charge in [0.15, 0.2) is 0 Å². The van der Waals surface area contributed by atoms with Gasteiger partial charge in [0, 0.05) is 37.4 Å². The number of likely N-dealkylation sites (N-methyl/N-ethyl adjacent to an activating group) is 1. The molecule has 10 heteroatoms. The first-order valence-electron chi connectivity index (χ1n) is 12.7. The zero-order valence-electron chi connectivity index (χ0n) is 22.0. The predicted octanol–water partition coefficient (Wildman–Crippen LogP) is 1.34. The molecule has 2 aliphatic heterocycles. The van der Waals surface area contributed by atoms with E-state index in [-0.39, 0.29) is 25.5 Å². The summed E-state index contributed by atoms with van der Waals surface area (Å²) in [4.78, 5) is 42.0. The van der Waals surface area contributed by atoms with Crippen LogP contribution >= 0.6 is 0 Å². The highest BCUT2D eigenvalue weighted by Gasteiger charge is 2.40. The number of amides is 3. The maximum absolute atomic E-state index is 13.4. The number of likely N-dealkylation sites (tertiary alicyclic amines) is 1. The number of hydrogen-bond acceptors (Lipinski definition) is 6. The van der Waals surface area contributed by atoms with Crippen LogP contribution in [-0.2, 0) is 25.5 Å². The van der Waals surface area contributed by atoms with Crippen molar-refractivity contribution in [2.24, 2.45) is 0 Å². The van der Waals surface area contributed by atoms with Gasteiger partial charge in [0.05, 0.1) is 13.2 Å². The van der Waals surface area contributed by atoms with Crippen LogP contribution < -0.4 is 16.1 Å². The summed E-state index contributed by atoms with van der Waals surface area (Å²) in [6, 6.07) is 12.4. The fraction of sp³-hybridized carbons (Fsp3) is 0.444. The molecular formula is C27H35BN4O5. The largest absolute Gasteiger partial charge is 0.467 e. The molecule has 2 heterocycles. The topological polar surface area (TPSA) is 100 Å². The van der Waals surface area contributed by atoms with E-state index in [0.717, 1.165) is 25.0 Å². The van der Waals surface area contributed by atoms with Crippen LogP contribution in [0, 0.1) is 0 Å². The number of fused-ring (bicyclic) bond motifs is 1. The lowest BCUT2D eigenvalue weighted by Crippen LogP contribution is -2.45. The number of carbonyl (C=O) groups excluding carboxylic acids is 3. The van der Waals surface area contributed by atoms with Gasteiger partial charge in [-0.25, -0.2) is 9.59 Å². The highest BCUT2D eigenvalue weighted by molar-refractivity contribution is 6.32. The number of anilines is 2. The Morgan fingerprint density at radius 1 is 1.05 bits per heavy atom. The second-order valence-electron chi connectivity index (χ2n) is 10.0. The number of esters is 1. The van der Waals surface area contributed by atoms with E-state index in [0.29, 0.717) is 17.3 Å². The second-order valence-corrected chi connectivity index (χ2v) is 10.0. The number of carbonyl (C=O) groups is 3. The molecule has 0 aromatic heterocycles. The SMILES string of the molecule is Bc1ccc(NC(=O)N2CC(OCC(=O)OC)CC2C(=O)Nc2ccc3c(c2)C(C)CN(C)CC3)cc1. The first-order chi connectivity index (χ1) is 17.7. The molecule has 0 radical (unpaired) electrons. The van der Waals surface area contributed by atoms with E-state index < -0.39 is 24.1 Å². The summed E-state index contributed by atoms with van der Waals surface area (Å²) in [6.45, 7) is 4.10. The minimum absolute atomic E-state index is 0.181. The smallest absolute Gasteiger partial charge is 0.331 e. The van der Waals surface area contributed by atoms with E-state index in [1.165, 1.54) is 23.1 Å². The fourth-order valence-corrected chi connectivity index (χ4v) is 5.02. The van der Waals surface area contributed by atoms with Gasteiger partial charge in [-0.05, 0) is 54.8 Å². The van der Waals surface area contributed by atoms with Gasteiger partial charge in [-0.15, -0.1) is 0 Å². The summed E-state index contributed by atoms with van der Waals surface area (Å²) in [5.74, 6) is -0.450. The standard InChI is InChI=1S/C27H35BN4O5/c1-17-14-31(2)11-10-18-4-7-21(12-23(17)18)29-26(34)24-13-22(37-16-25(33)36-3)15-32(24)27(35)30-20-8-5-19(28)6-9-20/h4-9,12,17,22,24H,10-11,13-16,28H2,1-3H3,(H,29,34)(H,30,35). The summed E-state index contributed by atoms with van der Waals surface area (Å²) < 4.78 is 10.3. The molecule has 0 saturated carbocycles. The minimum Gasteiger partial charge on any atom is -0.467 e. The molecule has 0 bridgehead atoms. The Kier molecular flexibility index (Phi) is 8.50. The molecule has 2 aromatic rings. The zero-order valence-corrected chi connectivity index (χ0v) is 22.0. The van der Waals surface area contributed by atoms with Gasteiger partial charge >= 0.3 is 12.0 Å². The van der Waals surface area contributed by atoms with Gasteiger partial charge in [-0.2, -0.15) is 0 Å². The monoisotopic (exact) mass is 506 g/mol. The van der Waals surface area contributed by atoms with Crippen LogP contribution in [0.3, 0.4) is 0 Å². The summed E-state index contributed by atoms with van der Waals surface area (Å²) in [5, 5.41) is 5.89. The molecule has 0 aliphatic carbocycles. The number of methoxy groups -OCH3 is 1. The van der Waals surface area contributed by atoms with Crippen molar-refractivity contribution in [3.63, 3.8) is 0 Å². The summed E-state index contributed by atoms with van der Waals surface area (Å²) in [6.07, 6.45) is 0.774. The molecule has 3 atom stereocenters. The van der Waals surface area contributed by atoms with E-state index >= 15 is 0 Å². The van der Waals surface area contributed by atoms with Gasteiger partial charge < -0.3 is 29.9 Å². The highest BCUT2D eigenvalue weighted by Crippen LogP contribution is 2.29. The second kappa shape index (κ2) is 11.8. The molecule has 2 aromatic carbocycles. The number of benzene rings is 2. The maximum Gasteiger partial charge on any atom is 0.331 e. The Morgan fingerprint density at radius 2 is 1.78 bits per heavy atom. The molecular weight excluding hydrogens is 471 g/mol. The van der Waals surface area contributed by atoms with Crippen LogP contribution in [0.15, 0.2) is 42.5 Å². The third-order valence-corrected chi connectivity index (χ3v) is 7.09. The van der Waals surface area contributed by atoms with Crippen LogP contribution in [0.1, 0.15) is 30.4 Å². The molecule has 2 N–H and O–H groups in total. The van der Waals surface area contributed by atoms with Crippen LogP contribution in [0.5, 0.6) is 0 Å². The molecule has 37 heavy (non-hydrogen) atoms. The van der Waals surface area contributed by atoms with Gasteiger partial charge in [-0.3, -0.25) is 4.79 Å². The lowest BCUT2D eigenvalue weighted by atomic mass is 9.94. The number of urea groups is 1. The first-order valence-corrected chi connectivity index (χ1v) is 12.7. The van der Waals surface area contributed by atoms with Crippen molar-refractivity contribution < 1.29 is 23.9 Å². The molecule has 9 nitrogen and oxygen atoms in total. The van der Waals surface area contributed by atoms with Crippen molar-refractivity contribution in [3.8, 4) is 0 Å². The average molecular weight is 506 g/mol. The lowest BCUT2D eigenvalue weighted by Gasteiger charge is -2.24. The van der Waals surface area contributed by atoms with Crippen LogP contribution in [0.4, 0.5) is 16.2 Å². The Hall–Kier alpha value is -3.37. The van der Waals surface area contributed by atoms with Crippen molar-refractivity contribution >= 4 is 42.6 Å². The van der Waals surface area contributed by atoms with Crippen molar-refractivity contribution in [1.29, 1.82) is 0 Å². The number of ether oxygens (including phenoxy) is 2. The first kappa shape index (κ1) is 26.7. The van der Waals surface area contributed by atoms with Crippen LogP contribution in [0.25, 0.3) is 0 Å². The molecule has 3 amide bonds. The quantitative estimate of drug-likeness (QED) is 0.453. The number of nitrogens with zero attached hydrogens (tertiary/aromatic N) is 2. The molecule has 1 fully saturated rings. The third-order valence-electron chi connectivity index (χ3n) is 7.09. The molecule has 196 valence electrons. The van der Waals surface area contributed by atoms with Crippen molar-refractivity contribution in [3.05, 3.63) is 53.6 Å². The lowest BCUT2D eigenvalue weighted by molar-refractivity contribution is -0.147. The Labute approximate surface area is 218 Å². The number of nitrogens with one attached hydrogen (secondary N) is 2. The molecule has 3 unspecified atom stereocenters. The van der Waals surface area contributed by atoms with Gasteiger partial charge in [0.2, 0.25) is 5.91 Å². The van der Waals surface area contributed by atoms with E-state index in [4.69, 9.17) is 4.74 Å². The van der Waals surface area contributed by atoms with E-state index in [9.17, 15) is 14.4 Å². The molecule has 2 aliphatic rings. The van der Waals surface area contributed by atoms with E-state index in [1.807, 2.05) is 44.2 Å². The summed E-state index contributed by atoms with van der Waals surface area (Å²) in [5.41, 5.74) is 4.96. The Bertz CT molecular complexity index is 1140.